The van der Waals surface area contributed by atoms with E-state index in [0.29, 0.717) is 10.0 Å². The Morgan fingerprint density at radius 2 is 1.70 bits per heavy atom. The van der Waals surface area contributed by atoms with Gasteiger partial charge in [-0.25, -0.2) is 0 Å². The van der Waals surface area contributed by atoms with Crippen molar-refractivity contribution in [3.05, 3.63) is 63.6 Å². The van der Waals surface area contributed by atoms with Gasteiger partial charge in [-0.1, -0.05) is 60.0 Å². The largest absolute Gasteiger partial charge is 0.323 e. The SMILES string of the molecule is Cc1ccc(C(N)C(C)Sc2cc(Cl)ccc2Cl)cc1. The first-order chi connectivity index (χ1) is 9.47. The van der Waals surface area contributed by atoms with E-state index in [0.717, 1.165) is 10.5 Å². The zero-order valence-corrected chi connectivity index (χ0v) is 13.8. The molecule has 0 saturated carbocycles. The van der Waals surface area contributed by atoms with Gasteiger partial charge in [-0.2, -0.15) is 0 Å². The van der Waals surface area contributed by atoms with Crippen molar-refractivity contribution in [3.63, 3.8) is 0 Å². The average molecular weight is 326 g/mol. The second-order valence-corrected chi connectivity index (χ2v) is 7.10. The molecule has 0 aliphatic rings. The molecular formula is C16H17Cl2NS. The molecule has 0 spiro atoms. The van der Waals surface area contributed by atoms with Crippen molar-refractivity contribution >= 4 is 35.0 Å². The number of rotatable bonds is 4. The first-order valence-corrected chi connectivity index (χ1v) is 8.05. The minimum atomic E-state index is -0.0457. The lowest BCUT2D eigenvalue weighted by molar-refractivity contribution is 0.715. The Labute approximate surface area is 134 Å². The fourth-order valence-electron chi connectivity index (χ4n) is 1.90. The average Bonchev–Trinajstić information content (AvgIpc) is 2.43. The second kappa shape index (κ2) is 6.86. The minimum Gasteiger partial charge on any atom is -0.323 e. The molecule has 2 unspecified atom stereocenters. The van der Waals surface area contributed by atoms with E-state index in [1.54, 1.807) is 17.8 Å². The highest BCUT2D eigenvalue weighted by atomic mass is 35.5. The topological polar surface area (TPSA) is 26.0 Å². The van der Waals surface area contributed by atoms with Crippen LogP contribution in [0.1, 0.15) is 24.1 Å². The van der Waals surface area contributed by atoms with E-state index in [1.165, 1.54) is 5.56 Å². The van der Waals surface area contributed by atoms with E-state index in [-0.39, 0.29) is 11.3 Å². The smallest absolute Gasteiger partial charge is 0.0543 e. The molecule has 2 atom stereocenters. The van der Waals surface area contributed by atoms with Crippen LogP contribution in [-0.4, -0.2) is 5.25 Å². The summed E-state index contributed by atoms with van der Waals surface area (Å²) in [5.41, 5.74) is 8.70. The summed E-state index contributed by atoms with van der Waals surface area (Å²) in [7, 11) is 0. The minimum absolute atomic E-state index is 0.0457. The van der Waals surface area contributed by atoms with Gasteiger partial charge in [0.05, 0.1) is 5.02 Å². The van der Waals surface area contributed by atoms with Crippen molar-refractivity contribution in [3.8, 4) is 0 Å². The standard InChI is InChI=1S/C16H17Cl2NS/c1-10-3-5-12(6-4-10)16(19)11(2)20-15-9-13(17)7-8-14(15)18/h3-9,11,16H,19H2,1-2H3. The summed E-state index contributed by atoms with van der Waals surface area (Å²) in [6.07, 6.45) is 0. The molecule has 2 rings (SSSR count). The first-order valence-electron chi connectivity index (χ1n) is 6.41. The fourth-order valence-corrected chi connectivity index (χ4v) is 3.47. The molecule has 106 valence electrons. The van der Waals surface area contributed by atoms with E-state index < -0.39 is 0 Å². The Morgan fingerprint density at radius 3 is 2.35 bits per heavy atom. The van der Waals surface area contributed by atoms with Gasteiger partial charge in [-0.15, -0.1) is 11.8 Å². The van der Waals surface area contributed by atoms with Crippen molar-refractivity contribution in [2.45, 2.75) is 30.0 Å². The number of nitrogens with two attached hydrogens (primary N) is 1. The Kier molecular flexibility index (Phi) is 5.39. The van der Waals surface area contributed by atoms with Gasteiger partial charge in [-0.05, 0) is 30.7 Å². The lowest BCUT2D eigenvalue weighted by Gasteiger charge is -2.20. The predicted molar refractivity (Wildman–Crippen MR) is 89.9 cm³/mol. The van der Waals surface area contributed by atoms with E-state index in [9.17, 15) is 0 Å². The van der Waals surface area contributed by atoms with Crippen LogP contribution in [-0.2, 0) is 0 Å². The van der Waals surface area contributed by atoms with E-state index >= 15 is 0 Å². The van der Waals surface area contributed by atoms with Crippen LogP contribution < -0.4 is 5.73 Å². The molecule has 0 bridgehead atoms. The maximum atomic E-state index is 6.33. The molecule has 20 heavy (non-hydrogen) atoms. The lowest BCUT2D eigenvalue weighted by atomic mass is 10.0. The summed E-state index contributed by atoms with van der Waals surface area (Å²) in [6, 6.07) is 13.8. The summed E-state index contributed by atoms with van der Waals surface area (Å²) in [5, 5.41) is 1.60. The lowest BCUT2D eigenvalue weighted by Crippen LogP contribution is -2.21. The molecule has 0 aromatic heterocycles. The van der Waals surface area contributed by atoms with Crippen LogP contribution in [0.5, 0.6) is 0 Å². The number of aryl methyl sites for hydroxylation is 1. The molecule has 1 nitrogen and oxygen atoms in total. The molecule has 0 heterocycles. The summed E-state index contributed by atoms with van der Waals surface area (Å²) in [5.74, 6) is 0. The molecule has 0 fully saturated rings. The van der Waals surface area contributed by atoms with Crippen LogP contribution in [0.15, 0.2) is 47.4 Å². The van der Waals surface area contributed by atoms with E-state index in [2.05, 4.69) is 38.1 Å². The van der Waals surface area contributed by atoms with Gasteiger partial charge in [-0.3, -0.25) is 0 Å². The Morgan fingerprint density at radius 1 is 1.05 bits per heavy atom. The first kappa shape index (κ1) is 15.7. The summed E-state index contributed by atoms with van der Waals surface area (Å²) in [6.45, 7) is 4.17. The van der Waals surface area contributed by atoms with Crippen LogP contribution in [0, 0.1) is 6.92 Å². The zero-order chi connectivity index (χ0) is 14.7. The van der Waals surface area contributed by atoms with Crippen molar-refractivity contribution in [1.82, 2.24) is 0 Å². The van der Waals surface area contributed by atoms with Crippen LogP contribution in [0.25, 0.3) is 0 Å². The number of hydrogen-bond acceptors (Lipinski definition) is 2. The fraction of sp³-hybridized carbons (Fsp3) is 0.250. The van der Waals surface area contributed by atoms with Gasteiger partial charge in [0.1, 0.15) is 0 Å². The van der Waals surface area contributed by atoms with Crippen LogP contribution in [0.3, 0.4) is 0 Å². The molecule has 0 aliphatic carbocycles. The number of halogens is 2. The van der Waals surface area contributed by atoms with Crippen LogP contribution >= 0.6 is 35.0 Å². The number of benzene rings is 2. The Balaban J connectivity index is 2.13. The van der Waals surface area contributed by atoms with Gasteiger partial charge in [0, 0.05) is 21.2 Å². The third kappa shape index (κ3) is 3.92. The Hall–Kier alpha value is -0.670. The molecule has 2 aromatic carbocycles. The van der Waals surface area contributed by atoms with Crippen molar-refractivity contribution in [1.29, 1.82) is 0 Å². The third-order valence-electron chi connectivity index (χ3n) is 3.17. The van der Waals surface area contributed by atoms with Gasteiger partial charge in [0.25, 0.3) is 0 Å². The van der Waals surface area contributed by atoms with Crippen molar-refractivity contribution in [2.24, 2.45) is 5.73 Å². The monoisotopic (exact) mass is 325 g/mol. The van der Waals surface area contributed by atoms with Crippen molar-refractivity contribution in [2.75, 3.05) is 0 Å². The number of thioether (sulfide) groups is 1. The van der Waals surface area contributed by atoms with Crippen LogP contribution in [0.4, 0.5) is 0 Å². The summed E-state index contributed by atoms with van der Waals surface area (Å²) < 4.78 is 0. The predicted octanol–water partition coefficient (Wildman–Crippen LogP) is 5.48. The molecule has 4 heteroatoms. The molecular weight excluding hydrogens is 309 g/mol. The Bertz CT molecular complexity index is 584. The molecule has 2 N–H and O–H groups in total. The van der Waals surface area contributed by atoms with Crippen LogP contribution in [0.2, 0.25) is 10.0 Å². The molecule has 0 saturated heterocycles. The summed E-state index contributed by atoms with van der Waals surface area (Å²) >= 11 is 13.9. The second-order valence-electron chi connectivity index (χ2n) is 4.83. The quantitative estimate of drug-likeness (QED) is 0.753. The van der Waals surface area contributed by atoms with Gasteiger partial charge in [0.15, 0.2) is 0 Å². The third-order valence-corrected chi connectivity index (χ3v) is 5.11. The highest BCUT2D eigenvalue weighted by Crippen LogP contribution is 2.36. The van der Waals surface area contributed by atoms with Gasteiger partial charge >= 0.3 is 0 Å². The van der Waals surface area contributed by atoms with E-state index in [1.807, 2.05) is 12.1 Å². The van der Waals surface area contributed by atoms with Gasteiger partial charge < -0.3 is 5.73 Å². The maximum Gasteiger partial charge on any atom is 0.0543 e. The normalized spacial score (nSPS) is 14.1. The van der Waals surface area contributed by atoms with E-state index in [4.69, 9.17) is 28.9 Å². The molecule has 2 aromatic rings. The highest BCUT2D eigenvalue weighted by molar-refractivity contribution is 8.00. The molecule has 0 radical (unpaired) electrons. The highest BCUT2D eigenvalue weighted by Gasteiger charge is 2.17. The maximum absolute atomic E-state index is 6.33. The number of hydrogen-bond donors (Lipinski definition) is 1. The zero-order valence-electron chi connectivity index (χ0n) is 11.4. The molecule has 0 amide bonds. The van der Waals surface area contributed by atoms with Gasteiger partial charge in [0.2, 0.25) is 0 Å². The molecule has 0 aliphatic heterocycles. The summed E-state index contributed by atoms with van der Waals surface area (Å²) in [4.78, 5) is 0.967. The van der Waals surface area contributed by atoms with Crippen molar-refractivity contribution < 1.29 is 0 Å².